The van der Waals surface area contributed by atoms with E-state index in [-0.39, 0.29) is 11.0 Å². The van der Waals surface area contributed by atoms with Crippen LogP contribution in [0.5, 0.6) is 5.88 Å². The number of thiophene rings is 1. The van der Waals surface area contributed by atoms with Gasteiger partial charge in [-0.25, -0.2) is 18.5 Å². The molecule has 1 saturated heterocycles. The average Bonchev–Trinajstić information content (AvgIpc) is 3.34. The van der Waals surface area contributed by atoms with E-state index in [1.54, 1.807) is 11.6 Å². The van der Waals surface area contributed by atoms with Crippen molar-refractivity contribution < 1.29 is 13.2 Å². The number of anilines is 1. The number of nitrogens with two attached hydrogens (primary N) is 1. The number of rotatable bonds is 6. The maximum absolute atomic E-state index is 11.8. The van der Waals surface area contributed by atoms with E-state index in [2.05, 4.69) is 26.8 Å². The molecule has 2 aliphatic rings. The van der Waals surface area contributed by atoms with Crippen molar-refractivity contribution in [1.29, 1.82) is 0 Å². The van der Waals surface area contributed by atoms with Crippen LogP contribution < -0.4 is 14.8 Å². The summed E-state index contributed by atoms with van der Waals surface area (Å²) in [7, 11) is -1.66. The van der Waals surface area contributed by atoms with Gasteiger partial charge in [0.1, 0.15) is 16.7 Å². The van der Waals surface area contributed by atoms with Crippen molar-refractivity contribution in [2.45, 2.75) is 46.7 Å². The first-order chi connectivity index (χ1) is 13.9. The highest BCUT2D eigenvalue weighted by molar-refractivity contribution is 8.00. The van der Waals surface area contributed by atoms with Crippen molar-refractivity contribution in [3.63, 3.8) is 0 Å². The van der Waals surface area contributed by atoms with Gasteiger partial charge in [0.05, 0.1) is 6.20 Å². The zero-order valence-electron chi connectivity index (χ0n) is 16.3. The molecule has 2 fully saturated rings. The standard InChI is InChI=1S/C18H25N5O3S3/c1-22-6-8-23(9-7-22)14-10-20-18(21-17(14)26-13-4-2-3-5-13)28-15-11-27-12-16(15)29(19,24)25/h10-13H,2-9H2,1H3,(H2,19,24,25). The Morgan fingerprint density at radius 1 is 1.21 bits per heavy atom. The van der Waals surface area contributed by atoms with Crippen molar-refractivity contribution in [3.05, 3.63) is 17.0 Å². The Morgan fingerprint density at radius 2 is 1.93 bits per heavy atom. The number of ether oxygens (including phenoxy) is 1. The van der Waals surface area contributed by atoms with E-state index in [0.29, 0.717) is 15.9 Å². The van der Waals surface area contributed by atoms with Crippen LogP contribution in [0.3, 0.4) is 0 Å². The molecule has 1 aliphatic heterocycles. The molecule has 0 spiro atoms. The zero-order valence-corrected chi connectivity index (χ0v) is 18.7. The van der Waals surface area contributed by atoms with Crippen LogP contribution >= 0.6 is 23.1 Å². The van der Waals surface area contributed by atoms with Gasteiger partial charge >= 0.3 is 0 Å². The number of hydrogen-bond donors (Lipinski definition) is 1. The third-order valence-corrected chi connectivity index (χ3v) is 8.30. The lowest BCUT2D eigenvalue weighted by Gasteiger charge is -2.34. The maximum Gasteiger partial charge on any atom is 0.242 e. The molecule has 1 saturated carbocycles. The summed E-state index contributed by atoms with van der Waals surface area (Å²) in [6.07, 6.45) is 6.40. The Morgan fingerprint density at radius 3 is 2.62 bits per heavy atom. The van der Waals surface area contributed by atoms with Gasteiger partial charge in [-0.3, -0.25) is 0 Å². The molecule has 0 aromatic carbocycles. The lowest BCUT2D eigenvalue weighted by molar-refractivity contribution is 0.199. The van der Waals surface area contributed by atoms with Gasteiger partial charge < -0.3 is 14.5 Å². The van der Waals surface area contributed by atoms with Gasteiger partial charge in [-0.05, 0) is 44.5 Å². The van der Waals surface area contributed by atoms with E-state index in [1.807, 2.05) is 0 Å². The number of primary sulfonamides is 1. The van der Waals surface area contributed by atoms with Gasteiger partial charge in [0, 0.05) is 41.8 Å². The van der Waals surface area contributed by atoms with Crippen LogP contribution in [-0.4, -0.2) is 62.6 Å². The van der Waals surface area contributed by atoms with E-state index >= 15 is 0 Å². The quantitative estimate of drug-likeness (QED) is 0.663. The fourth-order valence-electron chi connectivity index (χ4n) is 3.56. The topological polar surface area (TPSA) is 102 Å². The lowest BCUT2D eigenvalue weighted by Crippen LogP contribution is -2.44. The molecule has 0 amide bonds. The number of piperazine rings is 1. The van der Waals surface area contributed by atoms with Crippen LogP contribution in [0.2, 0.25) is 0 Å². The second-order valence-corrected chi connectivity index (χ2v) is 10.7. The number of sulfonamides is 1. The molecule has 2 aromatic heterocycles. The van der Waals surface area contributed by atoms with E-state index in [9.17, 15) is 8.42 Å². The molecular formula is C18H25N5O3S3. The summed E-state index contributed by atoms with van der Waals surface area (Å²) in [4.78, 5) is 14.4. The Labute approximate surface area is 179 Å². The second kappa shape index (κ2) is 8.76. The highest BCUT2D eigenvalue weighted by Gasteiger charge is 2.25. The predicted octanol–water partition coefficient (Wildman–Crippen LogP) is 2.41. The summed E-state index contributed by atoms with van der Waals surface area (Å²) < 4.78 is 29.9. The summed E-state index contributed by atoms with van der Waals surface area (Å²) in [5.74, 6) is 0.589. The molecule has 8 nitrogen and oxygen atoms in total. The van der Waals surface area contributed by atoms with Gasteiger partial charge in [-0.15, -0.1) is 11.3 Å². The fourth-order valence-corrected chi connectivity index (χ4v) is 6.75. The third kappa shape index (κ3) is 5.02. The minimum absolute atomic E-state index is 0.109. The minimum atomic E-state index is -3.78. The van der Waals surface area contributed by atoms with Crippen LogP contribution in [0.15, 0.2) is 31.9 Å². The lowest BCUT2D eigenvalue weighted by atomic mass is 10.3. The first-order valence-electron chi connectivity index (χ1n) is 9.64. The largest absolute Gasteiger partial charge is 0.473 e. The van der Waals surface area contributed by atoms with Crippen LogP contribution in [0.25, 0.3) is 0 Å². The van der Waals surface area contributed by atoms with Crippen molar-refractivity contribution in [3.8, 4) is 5.88 Å². The second-order valence-electron chi connectivity index (χ2n) is 7.40. The molecule has 2 aromatic rings. The molecule has 3 heterocycles. The highest BCUT2D eigenvalue weighted by atomic mass is 32.2. The zero-order chi connectivity index (χ0) is 20.4. The van der Waals surface area contributed by atoms with E-state index < -0.39 is 10.0 Å². The van der Waals surface area contributed by atoms with Crippen LogP contribution in [0, 0.1) is 0 Å². The summed E-state index contributed by atoms with van der Waals surface area (Å²) in [5.41, 5.74) is 0.909. The molecule has 0 atom stereocenters. The van der Waals surface area contributed by atoms with Gasteiger partial charge in [-0.2, -0.15) is 4.98 Å². The van der Waals surface area contributed by atoms with Gasteiger partial charge in [-0.1, -0.05) is 0 Å². The van der Waals surface area contributed by atoms with Gasteiger partial charge in [0.25, 0.3) is 0 Å². The molecule has 11 heteroatoms. The molecule has 29 heavy (non-hydrogen) atoms. The SMILES string of the molecule is CN1CCN(c2cnc(Sc3cscc3S(N)(=O)=O)nc2OC2CCCC2)CC1. The van der Waals surface area contributed by atoms with Crippen LogP contribution in [-0.2, 0) is 10.0 Å². The van der Waals surface area contributed by atoms with E-state index in [4.69, 9.17) is 9.88 Å². The summed E-state index contributed by atoms with van der Waals surface area (Å²) in [5, 5.41) is 9.06. The minimum Gasteiger partial charge on any atom is -0.473 e. The Bertz CT molecular complexity index is 951. The summed E-state index contributed by atoms with van der Waals surface area (Å²) in [6, 6.07) is 0. The molecule has 2 N–H and O–H groups in total. The summed E-state index contributed by atoms with van der Waals surface area (Å²) in [6.45, 7) is 3.75. The van der Waals surface area contributed by atoms with Gasteiger partial charge in [0.2, 0.25) is 15.9 Å². The number of aromatic nitrogens is 2. The monoisotopic (exact) mass is 455 g/mol. The highest BCUT2D eigenvalue weighted by Crippen LogP contribution is 2.37. The first kappa shape index (κ1) is 20.9. The average molecular weight is 456 g/mol. The molecule has 4 rings (SSSR count). The molecule has 0 bridgehead atoms. The van der Waals surface area contributed by atoms with E-state index in [1.165, 1.54) is 41.3 Å². The Hall–Kier alpha value is -1.40. The van der Waals surface area contributed by atoms with Crippen molar-refractivity contribution in [2.75, 3.05) is 38.1 Å². The Balaban J connectivity index is 1.61. The van der Waals surface area contributed by atoms with E-state index in [0.717, 1.165) is 44.7 Å². The molecule has 0 unspecified atom stereocenters. The van der Waals surface area contributed by atoms with Gasteiger partial charge in [0.15, 0.2) is 5.16 Å². The third-order valence-electron chi connectivity index (χ3n) is 5.24. The molecular weight excluding hydrogens is 430 g/mol. The van der Waals surface area contributed by atoms with Crippen LogP contribution in [0.1, 0.15) is 25.7 Å². The van der Waals surface area contributed by atoms with Crippen molar-refractivity contribution in [1.82, 2.24) is 14.9 Å². The number of likely N-dealkylation sites (N-methyl/N-ethyl adjacent to an activating group) is 1. The Kier molecular flexibility index (Phi) is 6.30. The normalized spacial score (nSPS) is 19.0. The maximum atomic E-state index is 11.8. The first-order valence-corrected chi connectivity index (χ1v) is 12.9. The predicted molar refractivity (Wildman–Crippen MR) is 114 cm³/mol. The van der Waals surface area contributed by atoms with Crippen LogP contribution in [0.4, 0.5) is 5.69 Å². The van der Waals surface area contributed by atoms with Crippen molar-refractivity contribution in [2.24, 2.45) is 5.14 Å². The number of nitrogens with zero attached hydrogens (tertiary/aromatic N) is 4. The number of hydrogen-bond acceptors (Lipinski definition) is 9. The smallest absolute Gasteiger partial charge is 0.242 e. The molecule has 0 radical (unpaired) electrons. The van der Waals surface area contributed by atoms with Crippen molar-refractivity contribution >= 4 is 38.8 Å². The molecule has 158 valence electrons. The summed E-state index contributed by atoms with van der Waals surface area (Å²) >= 11 is 2.49. The fraction of sp³-hybridized carbons (Fsp3) is 0.556. The molecule has 1 aliphatic carbocycles.